The number of fused-ring (bicyclic) bond motifs is 1. The number of benzene rings is 1. The average Bonchev–Trinajstić information content (AvgIpc) is 2.66. The van der Waals surface area contributed by atoms with Crippen LogP contribution in [0.5, 0.6) is 0 Å². The Kier molecular flexibility index (Phi) is 6.21. The number of rotatable bonds is 4. The van der Waals surface area contributed by atoms with Crippen LogP contribution in [0.2, 0.25) is 5.02 Å². The van der Waals surface area contributed by atoms with Crippen molar-refractivity contribution in [1.29, 1.82) is 0 Å². The van der Waals surface area contributed by atoms with Crippen LogP contribution in [0.4, 0.5) is 4.79 Å². The molecule has 150 valence electrons. The molecule has 1 fully saturated rings. The van der Waals surface area contributed by atoms with Crippen molar-refractivity contribution in [2.24, 2.45) is 10.9 Å². The van der Waals surface area contributed by atoms with E-state index in [2.05, 4.69) is 26.0 Å². The van der Waals surface area contributed by atoms with Crippen LogP contribution in [0.1, 0.15) is 19.3 Å². The first-order valence-electron chi connectivity index (χ1n) is 8.59. The summed E-state index contributed by atoms with van der Waals surface area (Å²) in [5.41, 5.74) is 0.548. The highest BCUT2D eigenvalue weighted by molar-refractivity contribution is 9.10. The van der Waals surface area contributed by atoms with Gasteiger partial charge < -0.3 is 21.0 Å². The van der Waals surface area contributed by atoms with Crippen LogP contribution in [0, 0.1) is 0 Å². The van der Waals surface area contributed by atoms with Gasteiger partial charge in [-0.05, 0) is 40.9 Å². The van der Waals surface area contributed by atoms with Gasteiger partial charge in [0.05, 0.1) is 46.7 Å². The quantitative estimate of drug-likeness (QED) is 0.354. The molecule has 1 aliphatic rings. The number of halogens is 2. The van der Waals surface area contributed by atoms with Crippen molar-refractivity contribution in [2.75, 3.05) is 6.54 Å². The number of nitrogens with two attached hydrogens (primary N) is 1. The molecule has 0 bridgehead atoms. The standard InChI is InChI=1S/C17H19BrClN5O4/c18-11-6-13-10(5-12(11)19)16(26)23(8-21-13)7-9(22-20)4-14-15(25)2-1-3-24(14)17(27)28/h5-6,8,14-15,25H,1-4,7,20H2,(H,27,28). The largest absolute Gasteiger partial charge is 0.465 e. The number of hydrazone groups is 1. The second-order valence-corrected chi connectivity index (χ2v) is 7.87. The monoisotopic (exact) mass is 471 g/mol. The number of aliphatic hydroxyl groups is 1. The Hall–Kier alpha value is -2.17. The molecule has 1 aliphatic heterocycles. The van der Waals surface area contributed by atoms with Gasteiger partial charge >= 0.3 is 6.09 Å². The molecule has 1 aromatic heterocycles. The number of amides is 1. The molecule has 2 unspecified atom stereocenters. The van der Waals surface area contributed by atoms with Crippen LogP contribution in [0.25, 0.3) is 10.9 Å². The molecule has 1 aromatic carbocycles. The number of piperidine rings is 1. The van der Waals surface area contributed by atoms with Crippen LogP contribution in [0.15, 0.2) is 32.8 Å². The second-order valence-electron chi connectivity index (χ2n) is 6.61. The molecular weight excluding hydrogens is 454 g/mol. The van der Waals surface area contributed by atoms with Crippen LogP contribution in [0.3, 0.4) is 0 Å². The lowest BCUT2D eigenvalue weighted by molar-refractivity contribution is 0.0191. The Bertz CT molecular complexity index is 995. The summed E-state index contributed by atoms with van der Waals surface area (Å²) < 4.78 is 1.97. The number of carbonyl (C=O) groups is 1. The van der Waals surface area contributed by atoms with Gasteiger partial charge in [0.2, 0.25) is 0 Å². The highest BCUT2D eigenvalue weighted by Crippen LogP contribution is 2.26. The molecule has 2 atom stereocenters. The third-order valence-electron chi connectivity index (χ3n) is 4.84. The van der Waals surface area contributed by atoms with Gasteiger partial charge in [-0.15, -0.1) is 0 Å². The topological polar surface area (TPSA) is 134 Å². The van der Waals surface area contributed by atoms with E-state index in [1.165, 1.54) is 21.9 Å². The molecule has 0 spiro atoms. The Balaban J connectivity index is 1.87. The molecule has 0 radical (unpaired) electrons. The summed E-state index contributed by atoms with van der Waals surface area (Å²) in [7, 11) is 0. The van der Waals surface area contributed by atoms with Crippen LogP contribution in [-0.2, 0) is 6.54 Å². The molecule has 4 N–H and O–H groups in total. The van der Waals surface area contributed by atoms with E-state index in [4.69, 9.17) is 17.4 Å². The lowest BCUT2D eigenvalue weighted by Crippen LogP contribution is -2.51. The summed E-state index contributed by atoms with van der Waals surface area (Å²) in [6, 6.07) is 2.52. The van der Waals surface area contributed by atoms with E-state index in [0.717, 1.165) is 0 Å². The molecule has 9 nitrogen and oxygen atoms in total. The molecule has 0 saturated carbocycles. The molecule has 0 aliphatic carbocycles. The number of hydrogen-bond donors (Lipinski definition) is 3. The van der Waals surface area contributed by atoms with Crippen LogP contribution < -0.4 is 11.4 Å². The summed E-state index contributed by atoms with van der Waals surface area (Å²) in [6.45, 7) is 0.363. The van der Waals surface area contributed by atoms with E-state index in [1.807, 2.05) is 0 Å². The van der Waals surface area contributed by atoms with Gasteiger partial charge in [-0.2, -0.15) is 5.10 Å². The van der Waals surface area contributed by atoms with Crippen molar-refractivity contribution in [3.05, 3.63) is 38.3 Å². The third kappa shape index (κ3) is 4.13. The van der Waals surface area contributed by atoms with Gasteiger partial charge in [-0.1, -0.05) is 11.6 Å². The molecule has 1 amide bonds. The molecule has 1 saturated heterocycles. The first-order valence-corrected chi connectivity index (χ1v) is 9.76. The fourth-order valence-electron chi connectivity index (χ4n) is 3.38. The Morgan fingerprint density at radius 1 is 1.46 bits per heavy atom. The Morgan fingerprint density at radius 3 is 2.89 bits per heavy atom. The lowest BCUT2D eigenvalue weighted by Gasteiger charge is -2.37. The van der Waals surface area contributed by atoms with Crippen molar-refractivity contribution < 1.29 is 15.0 Å². The van der Waals surface area contributed by atoms with Crippen molar-refractivity contribution in [1.82, 2.24) is 14.5 Å². The van der Waals surface area contributed by atoms with Gasteiger partial charge in [0.25, 0.3) is 5.56 Å². The van der Waals surface area contributed by atoms with Gasteiger partial charge in [0, 0.05) is 17.4 Å². The predicted octanol–water partition coefficient (Wildman–Crippen LogP) is 2.02. The first kappa shape index (κ1) is 20.6. The Morgan fingerprint density at radius 2 is 2.21 bits per heavy atom. The average molecular weight is 473 g/mol. The van der Waals surface area contributed by atoms with Gasteiger partial charge in [0.15, 0.2) is 0 Å². The van der Waals surface area contributed by atoms with E-state index in [9.17, 15) is 19.8 Å². The summed E-state index contributed by atoms with van der Waals surface area (Å²) in [6.07, 6.45) is 0.660. The molecule has 2 heterocycles. The van der Waals surface area contributed by atoms with Crippen molar-refractivity contribution in [2.45, 2.75) is 38.0 Å². The lowest BCUT2D eigenvalue weighted by atomic mass is 9.94. The van der Waals surface area contributed by atoms with Gasteiger partial charge in [-0.25, -0.2) is 9.78 Å². The van der Waals surface area contributed by atoms with E-state index >= 15 is 0 Å². The number of nitrogens with zero attached hydrogens (tertiary/aromatic N) is 4. The van der Waals surface area contributed by atoms with Crippen molar-refractivity contribution in [3.63, 3.8) is 0 Å². The summed E-state index contributed by atoms with van der Waals surface area (Å²) in [5, 5.41) is 24.1. The zero-order valence-electron chi connectivity index (χ0n) is 14.8. The molecule has 3 rings (SSSR count). The first-order chi connectivity index (χ1) is 13.3. The number of aromatic nitrogens is 2. The number of carboxylic acid groups (broad SMARTS) is 1. The van der Waals surface area contributed by atoms with Crippen LogP contribution in [-0.4, -0.2) is 55.2 Å². The zero-order valence-corrected chi connectivity index (χ0v) is 17.1. The van der Waals surface area contributed by atoms with Crippen LogP contribution >= 0.6 is 27.5 Å². The number of hydrogen-bond acceptors (Lipinski definition) is 6. The normalized spacial score (nSPS) is 20.5. The highest BCUT2D eigenvalue weighted by Gasteiger charge is 2.34. The minimum atomic E-state index is -1.11. The minimum absolute atomic E-state index is 0.0304. The molecular formula is C17H19BrClN5O4. The maximum absolute atomic E-state index is 12.8. The predicted molar refractivity (Wildman–Crippen MR) is 109 cm³/mol. The summed E-state index contributed by atoms with van der Waals surface area (Å²) >= 11 is 9.38. The van der Waals surface area contributed by atoms with Gasteiger partial charge in [0.1, 0.15) is 0 Å². The second kappa shape index (κ2) is 8.46. The van der Waals surface area contributed by atoms with E-state index in [0.29, 0.717) is 45.5 Å². The molecule has 28 heavy (non-hydrogen) atoms. The Labute approximate surface area is 173 Å². The molecule has 11 heteroatoms. The number of likely N-dealkylation sites (tertiary alicyclic amines) is 1. The molecule has 2 aromatic rings. The van der Waals surface area contributed by atoms with E-state index in [1.54, 1.807) is 6.07 Å². The van der Waals surface area contributed by atoms with E-state index < -0.39 is 18.2 Å². The highest BCUT2D eigenvalue weighted by atomic mass is 79.9. The fourth-order valence-corrected chi connectivity index (χ4v) is 3.88. The van der Waals surface area contributed by atoms with Crippen molar-refractivity contribution >= 4 is 50.2 Å². The van der Waals surface area contributed by atoms with Gasteiger partial charge in [-0.3, -0.25) is 9.36 Å². The minimum Gasteiger partial charge on any atom is -0.465 e. The zero-order chi connectivity index (χ0) is 20.4. The van der Waals surface area contributed by atoms with Crippen molar-refractivity contribution in [3.8, 4) is 0 Å². The summed E-state index contributed by atoms with van der Waals surface area (Å²) in [4.78, 5) is 29.7. The van der Waals surface area contributed by atoms with E-state index in [-0.39, 0.29) is 18.5 Å². The SMILES string of the molecule is NN=C(CC1C(O)CCCN1C(=O)O)Cn1cnc2cc(Br)c(Cl)cc2c1=O. The smallest absolute Gasteiger partial charge is 0.407 e. The number of aliphatic hydroxyl groups excluding tert-OH is 1. The maximum atomic E-state index is 12.8. The maximum Gasteiger partial charge on any atom is 0.407 e. The fraction of sp³-hybridized carbons (Fsp3) is 0.412. The third-order valence-corrected chi connectivity index (χ3v) is 6.03. The summed E-state index contributed by atoms with van der Waals surface area (Å²) in [5.74, 6) is 5.49.